The molecule has 4 heteroatoms. The van der Waals surface area contributed by atoms with Gasteiger partial charge in [0.25, 0.3) is 0 Å². The molecular weight excluding hydrogens is 190 g/mol. The Morgan fingerprint density at radius 3 is 2.93 bits per heavy atom. The molecule has 1 rings (SSSR count). The minimum atomic E-state index is 0.212. The molecule has 4 nitrogen and oxygen atoms in total. The summed E-state index contributed by atoms with van der Waals surface area (Å²) in [5.41, 5.74) is 0.559. The zero-order chi connectivity index (χ0) is 11.1. The van der Waals surface area contributed by atoms with Crippen molar-refractivity contribution in [2.45, 2.75) is 13.3 Å². The van der Waals surface area contributed by atoms with E-state index in [1.165, 1.54) is 0 Å². The minimum Gasteiger partial charge on any atom is -0.396 e. The lowest BCUT2D eigenvalue weighted by molar-refractivity contribution is 0.266. The largest absolute Gasteiger partial charge is 0.396 e. The lowest BCUT2D eigenvalue weighted by atomic mass is 10.1. The van der Waals surface area contributed by atoms with Crippen LogP contribution in [-0.4, -0.2) is 23.2 Å². The van der Waals surface area contributed by atoms with Gasteiger partial charge in [0, 0.05) is 19.3 Å². The molecule has 0 saturated carbocycles. The van der Waals surface area contributed by atoms with Gasteiger partial charge >= 0.3 is 0 Å². The highest BCUT2D eigenvalue weighted by molar-refractivity contribution is 5.38. The molecule has 0 bridgehead atoms. The van der Waals surface area contributed by atoms with Crippen molar-refractivity contribution in [3.63, 3.8) is 0 Å². The fourth-order valence-electron chi connectivity index (χ4n) is 1.17. The van der Waals surface area contributed by atoms with Crippen LogP contribution in [0.4, 0.5) is 5.82 Å². The average Bonchev–Trinajstić information content (AvgIpc) is 2.27. The lowest BCUT2D eigenvalue weighted by Crippen LogP contribution is -2.13. The highest BCUT2D eigenvalue weighted by Crippen LogP contribution is 2.06. The third-order valence-corrected chi connectivity index (χ3v) is 2.15. The molecule has 0 aliphatic carbocycles. The Kier molecular flexibility index (Phi) is 4.58. The number of nitrogens with zero attached hydrogens (tertiary/aromatic N) is 2. The first-order valence-electron chi connectivity index (χ1n) is 4.97. The van der Waals surface area contributed by atoms with Gasteiger partial charge in [-0.25, -0.2) is 4.98 Å². The van der Waals surface area contributed by atoms with E-state index in [9.17, 15) is 0 Å². The number of rotatable bonds is 5. The second-order valence-electron chi connectivity index (χ2n) is 3.54. The van der Waals surface area contributed by atoms with Gasteiger partial charge in [-0.3, -0.25) is 0 Å². The fraction of sp³-hybridized carbons (Fsp3) is 0.455. The van der Waals surface area contributed by atoms with Gasteiger partial charge in [0.1, 0.15) is 11.9 Å². The molecule has 80 valence electrons. The molecule has 0 amide bonds. The first-order chi connectivity index (χ1) is 7.26. The molecule has 1 aromatic rings. The van der Waals surface area contributed by atoms with Crippen LogP contribution in [0.15, 0.2) is 18.3 Å². The second kappa shape index (κ2) is 5.99. The minimum absolute atomic E-state index is 0.212. The maximum Gasteiger partial charge on any atom is 0.125 e. The van der Waals surface area contributed by atoms with E-state index in [0.717, 1.165) is 18.8 Å². The first kappa shape index (κ1) is 11.5. The second-order valence-corrected chi connectivity index (χ2v) is 3.54. The summed E-state index contributed by atoms with van der Waals surface area (Å²) in [7, 11) is 0. The summed E-state index contributed by atoms with van der Waals surface area (Å²) in [4.78, 5) is 4.09. The van der Waals surface area contributed by atoms with Crippen molar-refractivity contribution in [3.05, 3.63) is 23.9 Å². The van der Waals surface area contributed by atoms with Gasteiger partial charge < -0.3 is 10.4 Å². The van der Waals surface area contributed by atoms with Crippen molar-refractivity contribution in [1.29, 1.82) is 5.26 Å². The molecular formula is C11H15N3O. The molecule has 1 atom stereocenters. The molecule has 1 heterocycles. The highest BCUT2D eigenvalue weighted by Gasteiger charge is 2.01. The van der Waals surface area contributed by atoms with Crippen molar-refractivity contribution in [1.82, 2.24) is 4.98 Å². The first-order valence-corrected chi connectivity index (χ1v) is 4.97. The number of anilines is 1. The fourth-order valence-corrected chi connectivity index (χ4v) is 1.17. The van der Waals surface area contributed by atoms with Crippen LogP contribution in [0.5, 0.6) is 0 Å². The summed E-state index contributed by atoms with van der Waals surface area (Å²) in [6.45, 7) is 3.05. The Balaban J connectivity index is 2.41. The Morgan fingerprint density at radius 2 is 2.40 bits per heavy atom. The van der Waals surface area contributed by atoms with E-state index in [0.29, 0.717) is 11.5 Å². The van der Waals surface area contributed by atoms with E-state index >= 15 is 0 Å². The molecule has 1 aromatic heterocycles. The third kappa shape index (κ3) is 3.96. The van der Waals surface area contributed by atoms with Gasteiger partial charge in [-0.2, -0.15) is 5.26 Å². The normalized spacial score (nSPS) is 11.8. The summed E-state index contributed by atoms with van der Waals surface area (Å²) < 4.78 is 0. The SMILES string of the molecule is CC(CCO)CNc1ccc(C#N)cn1. The van der Waals surface area contributed by atoms with Crippen LogP contribution in [0, 0.1) is 17.2 Å². The van der Waals surface area contributed by atoms with Gasteiger partial charge in [0.05, 0.1) is 5.56 Å². The smallest absolute Gasteiger partial charge is 0.125 e. The summed E-state index contributed by atoms with van der Waals surface area (Å²) in [6, 6.07) is 5.53. The van der Waals surface area contributed by atoms with Crippen LogP contribution in [0.3, 0.4) is 0 Å². The van der Waals surface area contributed by atoms with Crippen LogP contribution in [0.1, 0.15) is 18.9 Å². The van der Waals surface area contributed by atoms with Crippen LogP contribution >= 0.6 is 0 Å². The van der Waals surface area contributed by atoms with E-state index in [4.69, 9.17) is 10.4 Å². The Bertz CT molecular complexity index is 329. The molecule has 0 radical (unpaired) electrons. The number of aromatic nitrogens is 1. The number of nitrogens with one attached hydrogen (secondary N) is 1. The Labute approximate surface area is 89.6 Å². The highest BCUT2D eigenvalue weighted by atomic mass is 16.3. The molecule has 0 spiro atoms. The van der Waals surface area contributed by atoms with E-state index < -0.39 is 0 Å². The van der Waals surface area contributed by atoms with Crippen LogP contribution in [-0.2, 0) is 0 Å². The summed E-state index contributed by atoms with van der Waals surface area (Å²) in [6.07, 6.45) is 2.32. The quantitative estimate of drug-likeness (QED) is 0.762. The number of hydrogen-bond acceptors (Lipinski definition) is 4. The van der Waals surface area contributed by atoms with Crippen LogP contribution in [0.25, 0.3) is 0 Å². The molecule has 0 saturated heterocycles. The molecule has 2 N–H and O–H groups in total. The Morgan fingerprint density at radius 1 is 1.60 bits per heavy atom. The van der Waals surface area contributed by atoms with E-state index in [-0.39, 0.29) is 6.61 Å². The zero-order valence-corrected chi connectivity index (χ0v) is 8.77. The molecule has 15 heavy (non-hydrogen) atoms. The van der Waals surface area contributed by atoms with Crippen LogP contribution in [0.2, 0.25) is 0 Å². The predicted octanol–water partition coefficient (Wildman–Crippen LogP) is 1.38. The summed E-state index contributed by atoms with van der Waals surface area (Å²) >= 11 is 0. The summed E-state index contributed by atoms with van der Waals surface area (Å²) in [5, 5.41) is 20.5. The third-order valence-electron chi connectivity index (χ3n) is 2.15. The summed E-state index contributed by atoms with van der Waals surface area (Å²) in [5.74, 6) is 1.17. The van der Waals surface area contributed by atoms with E-state index in [2.05, 4.69) is 17.2 Å². The maximum atomic E-state index is 8.72. The Hall–Kier alpha value is -1.60. The van der Waals surface area contributed by atoms with Crippen LogP contribution < -0.4 is 5.32 Å². The lowest BCUT2D eigenvalue weighted by Gasteiger charge is -2.11. The van der Waals surface area contributed by atoms with Gasteiger partial charge in [0.2, 0.25) is 0 Å². The molecule has 0 fully saturated rings. The number of pyridine rings is 1. The van der Waals surface area contributed by atoms with Gasteiger partial charge in [-0.1, -0.05) is 6.92 Å². The number of nitriles is 1. The molecule has 0 aliphatic rings. The van der Waals surface area contributed by atoms with Gasteiger partial charge in [-0.15, -0.1) is 0 Å². The monoisotopic (exact) mass is 205 g/mol. The maximum absolute atomic E-state index is 8.72. The standard InChI is InChI=1S/C11H15N3O/c1-9(4-5-15)7-13-11-3-2-10(6-12)8-14-11/h2-3,8-9,15H,4-5,7H2,1H3,(H,13,14). The number of aliphatic hydroxyl groups is 1. The molecule has 0 aliphatic heterocycles. The van der Waals surface area contributed by atoms with E-state index in [1.807, 2.05) is 6.07 Å². The average molecular weight is 205 g/mol. The van der Waals surface area contributed by atoms with E-state index in [1.54, 1.807) is 18.3 Å². The van der Waals surface area contributed by atoms with Crippen molar-refractivity contribution in [2.75, 3.05) is 18.5 Å². The van der Waals surface area contributed by atoms with Crippen molar-refractivity contribution in [2.24, 2.45) is 5.92 Å². The van der Waals surface area contributed by atoms with Crippen molar-refractivity contribution in [3.8, 4) is 6.07 Å². The van der Waals surface area contributed by atoms with Gasteiger partial charge in [-0.05, 0) is 24.5 Å². The molecule has 0 aromatic carbocycles. The topological polar surface area (TPSA) is 68.9 Å². The number of aliphatic hydroxyl groups excluding tert-OH is 1. The predicted molar refractivity (Wildman–Crippen MR) is 58.3 cm³/mol. The molecule has 1 unspecified atom stereocenters. The number of hydrogen-bond donors (Lipinski definition) is 2. The van der Waals surface area contributed by atoms with Gasteiger partial charge in [0.15, 0.2) is 0 Å². The zero-order valence-electron chi connectivity index (χ0n) is 8.77. The van der Waals surface area contributed by atoms with Crippen molar-refractivity contribution >= 4 is 5.82 Å². The van der Waals surface area contributed by atoms with Crippen molar-refractivity contribution < 1.29 is 5.11 Å².